The summed E-state index contributed by atoms with van der Waals surface area (Å²) in [6, 6.07) is 0. The molecule has 4 nitrogen and oxygen atoms in total. The number of ether oxygens (including phenoxy) is 1. The molecule has 1 saturated heterocycles. The van der Waals surface area contributed by atoms with Crippen molar-refractivity contribution in [2.24, 2.45) is 16.6 Å². The van der Waals surface area contributed by atoms with E-state index in [0.717, 1.165) is 25.6 Å². The van der Waals surface area contributed by atoms with Gasteiger partial charge < -0.3 is 15.4 Å². The van der Waals surface area contributed by atoms with Gasteiger partial charge >= 0.3 is 0 Å². The fourth-order valence-corrected chi connectivity index (χ4v) is 3.17. The van der Waals surface area contributed by atoms with Crippen LogP contribution in [0.1, 0.15) is 51.4 Å². The Morgan fingerprint density at radius 2 is 1.74 bits per heavy atom. The first kappa shape index (κ1) is 14.6. The van der Waals surface area contributed by atoms with Gasteiger partial charge in [-0.3, -0.25) is 4.99 Å². The number of aliphatic imine (C=N–C) groups is 1. The van der Waals surface area contributed by atoms with Crippen LogP contribution in [-0.4, -0.2) is 43.7 Å². The Bertz CT molecular complexity index is 277. The summed E-state index contributed by atoms with van der Waals surface area (Å²) in [6.45, 7) is 3.08. The van der Waals surface area contributed by atoms with Crippen LogP contribution in [0.3, 0.4) is 0 Å². The molecule has 1 aliphatic carbocycles. The van der Waals surface area contributed by atoms with E-state index in [-0.39, 0.29) is 0 Å². The van der Waals surface area contributed by atoms with E-state index in [1.807, 2.05) is 7.11 Å². The number of guanidine groups is 1. The fourth-order valence-electron chi connectivity index (χ4n) is 3.17. The Kier molecular flexibility index (Phi) is 5.95. The molecule has 2 N–H and O–H groups in total. The van der Waals surface area contributed by atoms with Gasteiger partial charge in [-0.1, -0.05) is 12.8 Å². The maximum Gasteiger partial charge on any atom is 0.191 e. The highest BCUT2D eigenvalue weighted by molar-refractivity contribution is 5.78. The lowest BCUT2D eigenvalue weighted by molar-refractivity contribution is 0.0580. The predicted molar refractivity (Wildman–Crippen MR) is 79.3 cm³/mol. The van der Waals surface area contributed by atoms with Gasteiger partial charge in [0.15, 0.2) is 5.96 Å². The lowest BCUT2D eigenvalue weighted by Gasteiger charge is -2.27. The van der Waals surface area contributed by atoms with Gasteiger partial charge in [0.25, 0.3) is 0 Å². The van der Waals surface area contributed by atoms with Crippen LogP contribution < -0.4 is 5.73 Å². The Hall–Kier alpha value is -0.770. The number of likely N-dealkylation sites (tertiary alicyclic amines) is 1. The van der Waals surface area contributed by atoms with Crippen LogP contribution in [0.25, 0.3) is 0 Å². The van der Waals surface area contributed by atoms with E-state index in [4.69, 9.17) is 10.5 Å². The third-order valence-electron chi connectivity index (χ3n) is 4.57. The quantitative estimate of drug-likeness (QED) is 0.631. The normalized spacial score (nSPS) is 30.2. The lowest BCUT2D eigenvalue weighted by Crippen LogP contribution is -2.38. The van der Waals surface area contributed by atoms with E-state index in [9.17, 15) is 0 Å². The molecule has 1 saturated carbocycles. The van der Waals surface area contributed by atoms with E-state index < -0.39 is 0 Å². The molecule has 19 heavy (non-hydrogen) atoms. The summed E-state index contributed by atoms with van der Waals surface area (Å²) in [5, 5.41) is 0. The number of nitrogens with two attached hydrogens (primary N) is 1. The number of rotatable bonds is 3. The van der Waals surface area contributed by atoms with Crippen LogP contribution in [0, 0.1) is 5.92 Å². The zero-order valence-electron chi connectivity index (χ0n) is 12.3. The SMILES string of the molecule is COC1CCC(CN=C(N)N2CCCCCC2)CC1. The molecule has 110 valence electrons. The summed E-state index contributed by atoms with van der Waals surface area (Å²) < 4.78 is 5.41. The standard InChI is InChI=1S/C15H29N3O/c1-19-14-8-6-13(7-9-14)12-17-15(16)18-10-4-2-3-5-11-18/h13-14H,2-12H2,1H3,(H2,16,17). The van der Waals surface area contributed by atoms with Crippen molar-refractivity contribution in [3.05, 3.63) is 0 Å². The second-order valence-corrected chi connectivity index (χ2v) is 5.98. The molecule has 2 rings (SSSR count). The third kappa shape index (κ3) is 4.68. The molecule has 0 atom stereocenters. The highest BCUT2D eigenvalue weighted by atomic mass is 16.5. The number of methoxy groups -OCH3 is 1. The van der Waals surface area contributed by atoms with E-state index in [0.29, 0.717) is 12.0 Å². The second-order valence-electron chi connectivity index (χ2n) is 5.98. The van der Waals surface area contributed by atoms with Gasteiger partial charge in [-0.05, 0) is 44.4 Å². The molecular weight excluding hydrogens is 238 g/mol. The van der Waals surface area contributed by atoms with E-state index >= 15 is 0 Å². The summed E-state index contributed by atoms with van der Waals surface area (Å²) in [5.74, 6) is 1.48. The van der Waals surface area contributed by atoms with Crippen molar-refractivity contribution in [1.29, 1.82) is 0 Å². The maximum atomic E-state index is 6.14. The molecule has 0 aromatic rings. The molecule has 0 bridgehead atoms. The molecular formula is C15H29N3O. The van der Waals surface area contributed by atoms with Gasteiger partial charge in [-0.15, -0.1) is 0 Å². The molecule has 1 aliphatic heterocycles. The van der Waals surface area contributed by atoms with Crippen LogP contribution >= 0.6 is 0 Å². The summed E-state index contributed by atoms with van der Waals surface area (Å²) in [6.07, 6.45) is 10.5. The highest BCUT2D eigenvalue weighted by Gasteiger charge is 2.20. The molecule has 0 radical (unpaired) electrons. The smallest absolute Gasteiger partial charge is 0.191 e. The average Bonchev–Trinajstić information content (AvgIpc) is 2.74. The molecule has 0 unspecified atom stereocenters. The topological polar surface area (TPSA) is 50.9 Å². The van der Waals surface area contributed by atoms with Crippen molar-refractivity contribution in [3.63, 3.8) is 0 Å². The number of hydrogen-bond acceptors (Lipinski definition) is 2. The van der Waals surface area contributed by atoms with Crippen LogP contribution in [0.5, 0.6) is 0 Å². The Balaban J connectivity index is 1.74. The Morgan fingerprint density at radius 1 is 1.11 bits per heavy atom. The van der Waals surface area contributed by atoms with Crippen LogP contribution in [0.4, 0.5) is 0 Å². The van der Waals surface area contributed by atoms with E-state index in [1.54, 1.807) is 0 Å². The minimum atomic E-state index is 0.475. The van der Waals surface area contributed by atoms with Gasteiger partial charge in [0.1, 0.15) is 0 Å². The highest BCUT2D eigenvalue weighted by Crippen LogP contribution is 2.26. The molecule has 0 spiro atoms. The Labute approximate surface area is 117 Å². The largest absolute Gasteiger partial charge is 0.381 e. The van der Waals surface area contributed by atoms with Crippen molar-refractivity contribution in [2.75, 3.05) is 26.7 Å². The Morgan fingerprint density at radius 3 is 2.32 bits per heavy atom. The second kappa shape index (κ2) is 7.73. The van der Waals surface area contributed by atoms with Crippen molar-refractivity contribution in [2.45, 2.75) is 57.5 Å². The zero-order valence-corrected chi connectivity index (χ0v) is 12.3. The monoisotopic (exact) mass is 267 g/mol. The third-order valence-corrected chi connectivity index (χ3v) is 4.57. The summed E-state index contributed by atoms with van der Waals surface area (Å²) >= 11 is 0. The predicted octanol–water partition coefficient (Wildman–Crippen LogP) is 2.38. The van der Waals surface area contributed by atoms with Gasteiger partial charge in [0, 0.05) is 26.7 Å². The molecule has 2 aliphatic rings. The van der Waals surface area contributed by atoms with Crippen molar-refractivity contribution >= 4 is 5.96 Å². The van der Waals surface area contributed by atoms with Crippen LogP contribution in [0.15, 0.2) is 4.99 Å². The van der Waals surface area contributed by atoms with E-state index in [1.165, 1.54) is 51.4 Å². The molecule has 0 amide bonds. The van der Waals surface area contributed by atoms with Gasteiger partial charge in [0.05, 0.1) is 6.10 Å². The number of hydrogen-bond donors (Lipinski definition) is 1. The molecule has 4 heteroatoms. The molecule has 0 aromatic carbocycles. The zero-order chi connectivity index (χ0) is 13.5. The lowest BCUT2D eigenvalue weighted by atomic mass is 9.87. The minimum absolute atomic E-state index is 0.475. The minimum Gasteiger partial charge on any atom is -0.381 e. The van der Waals surface area contributed by atoms with Crippen molar-refractivity contribution in [1.82, 2.24) is 4.90 Å². The van der Waals surface area contributed by atoms with E-state index in [2.05, 4.69) is 9.89 Å². The van der Waals surface area contributed by atoms with Crippen molar-refractivity contribution in [3.8, 4) is 0 Å². The molecule has 0 aromatic heterocycles. The van der Waals surface area contributed by atoms with Crippen LogP contribution in [0.2, 0.25) is 0 Å². The van der Waals surface area contributed by atoms with Gasteiger partial charge in [-0.25, -0.2) is 0 Å². The van der Waals surface area contributed by atoms with Crippen LogP contribution in [-0.2, 0) is 4.74 Å². The average molecular weight is 267 g/mol. The first-order valence-corrected chi connectivity index (χ1v) is 7.87. The molecule has 1 heterocycles. The maximum absolute atomic E-state index is 6.14. The van der Waals surface area contributed by atoms with Gasteiger partial charge in [0.2, 0.25) is 0 Å². The molecule has 2 fully saturated rings. The summed E-state index contributed by atoms with van der Waals surface area (Å²) in [4.78, 5) is 6.92. The van der Waals surface area contributed by atoms with Crippen molar-refractivity contribution < 1.29 is 4.74 Å². The fraction of sp³-hybridized carbons (Fsp3) is 0.933. The number of nitrogens with zero attached hydrogens (tertiary/aromatic N) is 2. The first-order chi connectivity index (χ1) is 9.29. The summed E-state index contributed by atoms with van der Waals surface area (Å²) in [7, 11) is 1.82. The summed E-state index contributed by atoms with van der Waals surface area (Å²) in [5.41, 5.74) is 6.14. The first-order valence-electron chi connectivity index (χ1n) is 7.87. The van der Waals surface area contributed by atoms with Gasteiger partial charge in [-0.2, -0.15) is 0 Å².